The van der Waals surface area contributed by atoms with Crippen LogP contribution in [0.5, 0.6) is 0 Å². The van der Waals surface area contributed by atoms with Gasteiger partial charge in [-0.25, -0.2) is 9.59 Å². The van der Waals surface area contributed by atoms with Crippen LogP contribution in [0.25, 0.3) is 6.08 Å². The minimum absolute atomic E-state index is 0.359. The number of allylic oxidation sites excluding steroid dienone is 3. The normalized spacial score (nSPS) is 8.83. The van der Waals surface area contributed by atoms with E-state index in [1.807, 2.05) is 36.4 Å². The average Bonchev–Trinajstić information content (AvgIpc) is 2.60. The predicted molar refractivity (Wildman–Crippen MR) is 94.9 cm³/mol. The van der Waals surface area contributed by atoms with Crippen molar-refractivity contribution >= 4 is 18.0 Å². The number of aliphatic carboxylic acids is 1. The molecule has 0 saturated carbocycles. The molecule has 0 fully saturated rings. The van der Waals surface area contributed by atoms with Gasteiger partial charge in [-0.2, -0.15) is 5.26 Å². The van der Waals surface area contributed by atoms with E-state index in [2.05, 4.69) is 17.9 Å². The lowest BCUT2D eigenvalue weighted by Gasteiger charge is -1.90. The second-order valence-electron chi connectivity index (χ2n) is 3.76. The lowest BCUT2D eigenvalue weighted by Crippen LogP contribution is -1.97. The first-order chi connectivity index (χ1) is 11.5. The van der Waals surface area contributed by atoms with Gasteiger partial charge >= 0.3 is 11.9 Å². The summed E-state index contributed by atoms with van der Waals surface area (Å²) in [5.74, 6) is -1.29. The Hall–Kier alpha value is -3.39. The lowest BCUT2D eigenvalue weighted by molar-refractivity contribution is -0.137. The minimum Gasteiger partial charge on any atom is -0.478 e. The molecule has 5 heteroatoms. The number of nitrogens with zero attached hydrogens (tertiary/aromatic N) is 1. The number of nitriles is 1. The van der Waals surface area contributed by atoms with Gasteiger partial charge in [0.2, 0.25) is 0 Å². The monoisotopic (exact) mass is 327 g/mol. The zero-order valence-electron chi connectivity index (χ0n) is 13.6. The van der Waals surface area contributed by atoms with Crippen LogP contribution in [-0.2, 0) is 14.3 Å². The van der Waals surface area contributed by atoms with Crippen LogP contribution < -0.4 is 0 Å². The van der Waals surface area contributed by atoms with E-state index in [-0.39, 0.29) is 5.97 Å². The molecule has 0 radical (unpaired) electrons. The molecule has 24 heavy (non-hydrogen) atoms. The van der Waals surface area contributed by atoms with Crippen molar-refractivity contribution in [3.05, 3.63) is 79.4 Å². The van der Waals surface area contributed by atoms with Gasteiger partial charge in [0.25, 0.3) is 0 Å². The van der Waals surface area contributed by atoms with E-state index in [9.17, 15) is 9.59 Å². The molecule has 1 N–H and O–H groups in total. The molecule has 1 aromatic rings. The molecule has 1 aromatic carbocycles. The Morgan fingerprint density at radius 2 is 1.83 bits per heavy atom. The summed E-state index contributed by atoms with van der Waals surface area (Å²) < 4.78 is 4.43. The van der Waals surface area contributed by atoms with Crippen LogP contribution in [0.3, 0.4) is 0 Å². The second kappa shape index (κ2) is 17.7. The highest BCUT2D eigenvalue weighted by atomic mass is 16.5. The number of carbonyl (C=O) groups is 2. The second-order valence-corrected chi connectivity index (χ2v) is 3.76. The maximum atomic E-state index is 10.1. The van der Waals surface area contributed by atoms with Crippen LogP contribution in [-0.4, -0.2) is 23.7 Å². The summed E-state index contributed by atoms with van der Waals surface area (Å²) >= 11 is 0. The van der Waals surface area contributed by atoms with E-state index in [4.69, 9.17) is 10.4 Å². The van der Waals surface area contributed by atoms with Crippen molar-refractivity contribution in [3.8, 4) is 6.07 Å². The number of ether oxygens (including phenoxy) is 1. The van der Waals surface area contributed by atoms with E-state index in [0.717, 1.165) is 17.7 Å². The van der Waals surface area contributed by atoms with Gasteiger partial charge in [0.15, 0.2) is 0 Å². The van der Waals surface area contributed by atoms with Crippen LogP contribution in [0.2, 0.25) is 0 Å². The summed E-state index contributed by atoms with van der Waals surface area (Å²) in [6, 6.07) is 11.4. The van der Waals surface area contributed by atoms with Crippen LogP contribution in [0.4, 0.5) is 0 Å². The first-order valence-corrected chi connectivity index (χ1v) is 6.94. The number of esters is 1. The summed E-state index contributed by atoms with van der Waals surface area (Å²) in [5.41, 5.74) is 1.05. The van der Waals surface area contributed by atoms with Crippen LogP contribution in [0, 0.1) is 11.3 Å². The molecule has 126 valence electrons. The zero-order valence-corrected chi connectivity index (χ0v) is 13.6. The molecule has 0 heterocycles. The average molecular weight is 327 g/mol. The van der Waals surface area contributed by atoms with Crippen LogP contribution >= 0.6 is 0 Å². The van der Waals surface area contributed by atoms with Gasteiger partial charge in [-0.15, -0.1) is 0 Å². The van der Waals surface area contributed by atoms with Crippen molar-refractivity contribution in [1.29, 1.82) is 5.26 Å². The highest BCUT2D eigenvalue weighted by Crippen LogP contribution is 2.00. The highest BCUT2D eigenvalue weighted by molar-refractivity contribution is 5.81. The van der Waals surface area contributed by atoms with E-state index >= 15 is 0 Å². The highest BCUT2D eigenvalue weighted by Gasteiger charge is 1.86. The fourth-order valence-corrected chi connectivity index (χ4v) is 1.07. The molecule has 0 amide bonds. The zero-order chi connectivity index (χ0) is 18.6. The molecule has 0 unspecified atom stereocenters. The van der Waals surface area contributed by atoms with E-state index in [1.165, 1.54) is 12.2 Å². The number of rotatable bonds is 5. The van der Waals surface area contributed by atoms with Gasteiger partial charge in [0.1, 0.15) is 0 Å². The van der Waals surface area contributed by atoms with Crippen molar-refractivity contribution in [2.45, 2.75) is 6.92 Å². The molecular formula is C19H21NO4. The lowest BCUT2D eigenvalue weighted by atomic mass is 10.2. The Morgan fingerprint density at radius 1 is 1.25 bits per heavy atom. The van der Waals surface area contributed by atoms with Crippen molar-refractivity contribution < 1.29 is 19.4 Å². The molecule has 1 rings (SSSR count). The van der Waals surface area contributed by atoms with E-state index in [1.54, 1.807) is 19.1 Å². The number of hydrogen-bond donors (Lipinski definition) is 1. The summed E-state index contributed by atoms with van der Waals surface area (Å²) in [5, 5.41) is 15.8. The molecule has 0 atom stereocenters. The molecule has 5 nitrogen and oxygen atoms in total. The van der Waals surface area contributed by atoms with Gasteiger partial charge in [0, 0.05) is 18.2 Å². The summed E-state index contributed by atoms with van der Waals surface area (Å²) in [6.07, 6.45) is 8.46. The Balaban J connectivity index is 0. The Kier molecular flexibility index (Phi) is 16.8. The fourth-order valence-electron chi connectivity index (χ4n) is 1.07. The Morgan fingerprint density at radius 3 is 2.21 bits per heavy atom. The summed E-state index contributed by atoms with van der Waals surface area (Å²) in [4.78, 5) is 20.2. The topological polar surface area (TPSA) is 87.4 Å². The summed E-state index contributed by atoms with van der Waals surface area (Å²) in [7, 11) is 0. The van der Waals surface area contributed by atoms with Gasteiger partial charge in [0.05, 0.1) is 12.7 Å². The molecule has 0 bridgehead atoms. The number of carbonyl (C=O) groups excluding carboxylic acids is 1. The predicted octanol–water partition coefficient (Wildman–Crippen LogP) is 3.77. The Bertz CT molecular complexity index is 596. The number of benzene rings is 1. The van der Waals surface area contributed by atoms with E-state index in [0.29, 0.717) is 6.61 Å². The third-order valence-corrected chi connectivity index (χ3v) is 1.98. The molecule has 0 saturated heterocycles. The maximum Gasteiger partial charge on any atom is 0.330 e. The molecule has 0 aliphatic heterocycles. The van der Waals surface area contributed by atoms with E-state index < -0.39 is 5.97 Å². The Labute approximate surface area is 142 Å². The fraction of sp³-hybridized carbons (Fsp3) is 0.105. The quantitative estimate of drug-likeness (QED) is 0.385. The largest absolute Gasteiger partial charge is 0.478 e. The van der Waals surface area contributed by atoms with Crippen molar-refractivity contribution in [3.63, 3.8) is 0 Å². The standard InChI is InChI=1S/C11H10O2.C5H8O2.C3H3N/c12-11(13)9-5-4-8-10-6-2-1-3-7-10;1-3-5(6)7-4-2;1-2-3-4/h1-9H,(H,12,13);3H,1,4H2,2H3;2H,1H2. The first kappa shape index (κ1) is 22.9. The number of carboxylic acid groups (broad SMARTS) is 1. The number of hydrogen-bond acceptors (Lipinski definition) is 4. The van der Waals surface area contributed by atoms with Gasteiger partial charge in [-0.1, -0.05) is 61.7 Å². The van der Waals surface area contributed by atoms with Gasteiger partial charge in [-0.05, 0) is 12.5 Å². The number of carboxylic acids is 1. The maximum absolute atomic E-state index is 10.1. The van der Waals surface area contributed by atoms with Gasteiger partial charge in [-0.3, -0.25) is 0 Å². The van der Waals surface area contributed by atoms with Crippen LogP contribution in [0.15, 0.2) is 73.9 Å². The SMILES string of the molecule is C=CC#N.C=CC(=O)OCC.O=C(O)C=CC=Cc1ccccc1. The third kappa shape index (κ3) is 18.6. The smallest absolute Gasteiger partial charge is 0.330 e. The van der Waals surface area contributed by atoms with Crippen molar-refractivity contribution in [2.75, 3.05) is 6.61 Å². The van der Waals surface area contributed by atoms with Crippen LogP contribution in [0.1, 0.15) is 12.5 Å². The van der Waals surface area contributed by atoms with Crippen molar-refractivity contribution in [2.24, 2.45) is 0 Å². The molecule has 0 aliphatic carbocycles. The molecular weight excluding hydrogens is 306 g/mol. The minimum atomic E-state index is -0.933. The van der Waals surface area contributed by atoms with Gasteiger partial charge < -0.3 is 9.84 Å². The third-order valence-electron chi connectivity index (χ3n) is 1.98. The molecule has 0 aromatic heterocycles. The molecule has 0 aliphatic rings. The molecule has 0 spiro atoms. The summed E-state index contributed by atoms with van der Waals surface area (Å²) in [6.45, 7) is 8.50. The first-order valence-electron chi connectivity index (χ1n) is 6.94. The van der Waals surface area contributed by atoms with Crippen molar-refractivity contribution in [1.82, 2.24) is 0 Å².